The number of rotatable bonds is 1. The van der Waals surface area contributed by atoms with Crippen molar-refractivity contribution in [3.63, 3.8) is 0 Å². The zero-order valence-electron chi connectivity index (χ0n) is 8.42. The Morgan fingerprint density at radius 1 is 0.812 bits per heavy atom. The average Bonchev–Trinajstić information content (AvgIpc) is 2.35. The Labute approximate surface area is 91.8 Å². The second-order valence-electron chi connectivity index (χ2n) is 3.55. The summed E-state index contributed by atoms with van der Waals surface area (Å²) in [5, 5.41) is 0. The molecule has 0 bridgehead atoms. The summed E-state index contributed by atoms with van der Waals surface area (Å²) in [4.78, 5) is 19.8. The first-order valence-electron chi connectivity index (χ1n) is 4.99. The normalized spacial score (nSPS) is 10.8. The maximum absolute atomic E-state index is 10.9. The lowest BCUT2D eigenvalue weighted by Crippen LogP contribution is -1.91. The molecule has 0 atom stereocenters. The van der Waals surface area contributed by atoms with E-state index < -0.39 is 0 Å². The molecule has 0 amide bonds. The van der Waals surface area contributed by atoms with Gasteiger partial charge in [0.1, 0.15) is 0 Å². The van der Waals surface area contributed by atoms with E-state index in [2.05, 4.69) is 9.97 Å². The molecular weight excluding hydrogens is 200 g/mol. The topological polar surface area (TPSA) is 42.9 Å². The minimum Gasteiger partial charge on any atom is -0.298 e. The van der Waals surface area contributed by atoms with Crippen LogP contribution >= 0.6 is 0 Å². The smallest absolute Gasteiger partial charge is 0.152 e. The number of fused-ring (bicyclic) bond motifs is 2. The number of aromatic nitrogens is 2. The Hall–Kier alpha value is -2.29. The lowest BCUT2D eigenvalue weighted by Gasteiger charge is -2.01. The Morgan fingerprint density at radius 3 is 2.25 bits per heavy atom. The Bertz CT molecular complexity index is 692. The third-order valence-electron chi connectivity index (χ3n) is 2.53. The number of benzene rings is 2. The summed E-state index contributed by atoms with van der Waals surface area (Å²) in [6, 6.07) is 13.1. The molecule has 0 unspecified atom stereocenters. The first-order valence-corrected chi connectivity index (χ1v) is 4.99. The molecule has 0 spiro atoms. The van der Waals surface area contributed by atoms with Crippen molar-refractivity contribution in [2.45, 2.75) is 0 Å². The highest BCUT2D eigenvalue weighted by atomic mass is 16.1. The van der Waals surface area contributed by atoms with E-state index in [1.54, 1.807) is 6.07 Å². The Balaban J connectivity index is 2.51. The predicted octanol–water partition coefficient (Wildman–Crippen LogP) is 2.60. The van der Waals surface area contributed by atoms with Crippen molar-refractivity contribution in [3.05, 3.63) is 48.0 Å². The molecule has 0 saturated heterocycles. The molecule has 16 heavy (non-hydrogen) atoms. The third kappa shape index (κ3) is 1.26. The van der Waals surface area contributed by atoms with Crippen LogP contribution in [0, 0.1) is 0 Å². The lowest BCUT2D eigenvalue weighted by atomic mass is 10.2. The fourth-order valence-corrected chi connectivity index (χ4v) is 1.76. The summed E-state index contributed by atoms with van der Waals surface area (Å²) in [6.45, 7) is 0. The molecule has 2 aromatic carbocycles. The van der Waals surface area contributed by atoms with Gasteiger partial charge in [-0.25, -0.2) is 9.97 Å². The van der Waals surface area contributed by atoms with Gasteiger partial charge in [0.05, 0.1) is 22.1 Å². The van der Waals surface area contributed by atoms with Crippen LogP contribution in [-0.4, -0.2) is 16.3 Å². The maximum atomic E-state index is 10.9. The molecule has 3 heteroatoms. The first kappa shape index (κ1) is 8.97. The molecular formula is C13H8N2O. The second-order valence-corrected chi connectivity index (χ2v) is 3.55. The number of carbonyl (C=O) groups excluding carboxylic acids is 1. The van der Waals surface area contributed by atoms with Crippen molar-refractivity contribution in [2.24, 2.45) is 0 Å². The van der Waals surface area contributed by atoms with Crippen LogP contribution in [0.5, 0.6) is 0 Å². The van der Waals surface area contributed by atoms with Crippen molar-refractivity contribution in [1.82, 2.24) is 9.97 Å². The van der Waals surface area contributed by atoms with Crippen LogP contribution < -0.4 is 0 Å². The van der Waals surface area contributed by atoms with E-state index in [4.69, 9.17) is 0 Å². The van der Waals surface area contributed by atoms with E-state index in [0.29, 0.717) is 11.1 Å². The highest BCUT2D eigenvalue weighted by Crippen LogP contribution is 2.17. The molecule has 3 rings (SSSR count). The maximum Gasteiger partial charge on any atom is 0.152 e. The fraction of sp³-hybridized carbons (Fsp3) is 0. The molecule has 1 heterocycles. The summed E-state index contributed by atoms with van der Waals surface area (Å²) in [5.74, 6) is 0. The number of aldehydes is 1. The monoisotopic (exact) mass is 208 g/mol. The van der Waals surface area contributed by atoms with Gasteiger partial charge in [-0.3, -0.25) is 4.79 Å². The van der Waals surface area contributed by atoms with E-state index in [0.717, 1.165) is 22.8 Å². The average molecular weight is 208 g/mol. The van der Waals surface area contributed by atoms with Gasteiger partial charge < -0.3 is 0 Å². The number of hydrogen-bond donors (Lipinski definition) is 0. The number of hydrogen-bond acceptors (Lipinski definition) is 3. The van der Waals surface area contributed by atoms with Gasteiger partial charge in [-0.2, -0.15) is 0 Å². The van der Waals surface area contributed by atoms with Crippen LogP contribution in [0.1, 0.15) is 10.4 Å². The van der Waals surface area contributed by atoms with Crippen molar-refractivity contribution >= 4 is 28.4 Å². The van der Waals surface area contributed by atoms with Crippen molar-refractivity contribution < 1.29 is 4.79 Å². The minimum absolute atomic E-state index is 0.579. The number of carbonyl (C=O) groups is 1. The quantitative estimate of drug-likeness (QED) is 0.456. The van der Waals surface area contributed by atoms with Crippen LogP contribution in [0.25, 0.3) is 22.1 Å². The van der Waals surface area contributed by atoms with Gasteiger partial charge in [0, 0.05) is 5.56 Å². The van der Waals surface area contributed by atoms with Crippen LogP contribution in [0.3, 0.4) is 0 Å². The number of nitrogens with zero attached hydrogens (tertiary/aromatic N) is 2. The SMILES string of the molecule is O=Cc1cccc2nc3ccccc3nc12. The standard InChI is InChI=1S/C13H8N2O/c16-8-9-4-3-7-12-13(9)15-11-6-2-1-5-10(11)14-12/h1-8H. The first-order chi connectivity index (χ1) is 7.88. The van der Waals surface area contributed by atoms with Crippen molar-refractivity contribution in [3.8, 4) is 0 Å². The van der Waals surface area contributed by atoms with Gasteiger partial charge in [-0.15, -0.1) is 0 Å². The third-order valence-corrected chi connectivity index (χ3v) is 2.53. The molecule has 0 N–H and O–H groups in total. The van der Waals surface area contributed by atoms with E-state index in [9.17, 15) is 4.79 Å². The lowest BCUT2D eigenvalue weighted by molar-refractivity contribution is 0.112. The molecule has 0 saturated carbocycles. The van der Waals surface area contributed by atoms with E-state index in [1.165, 1.54) is 0 Å². The molecule has 3 nitrogen and oxygen atoms in total. The van der Waals surface area contributed by atoms with Crippen LogP contribution in [0.4, 0.5) is 0 Å². The van der Waals surface area contributed by atoms with Crippen molar-refractivity contribution in [2.75, 3.05) is 0 Å². The molecule has 0 fully saturated rings. The summed E-state index contributed by atoms with van der Waals surface area (Å²) >= 11 is 0. The summed E-state index contributed by atoms with van der Waals surface area (Å²) in [6.07, 6.45) is 0.811. The molecule has 0 aliphatic rings. The van der Waals surface area contributed by atoms with Gasteiger partial charge in [-0.1, -0.05) is 18.2 Å². The minimum atomic E-state index is 0.579. The Morgan fingerprint density at radius 2 is 1.50 bits per heavy atom. The van der Waals surface area contributed by atoms with Crippen LogP contribution in [0.15, 0.2) is 42.5 Å². The molecule has 0 aliphatic heterocycles. The Kier molecular flexibility index (Phi) is 1.90. The van der Waals surface area contributed by atoms with Gasteiger partial charge in [-0.05, 0) is 24.3 Å². The van der Waals surface area contributed by atoms with Gasteiger partial charge in [0.2, 0.25) is 0 Å². The molecule has 76 valence electrons. The molecule has 3 aromatic rings. The molecule has 0 aliphatic carbocycles. The summed E-state index contributed by atoms with van der Waals surface area (Å²) < 4.78 is 0. The molecule has 1 aromatic heterocycles. The van der Waals surface area contributed by atoms with Gasteiger partial charge >= 0.3 is 0 Å². The van der Waals surface area contributed by atoms with E-state index in [1.807, 2.05) is 36.4 Å². The summed E-state index contributed by atoms with van der Waals surface area (Å²) in [7, 11) is 0. The highest BCUT2D eigenvalue weighted by molar-refractivity contribution is 5.97. The van der Waals surface area contributed by atoms with Crippen LogP contribution in [0.2, 0.25) is 0 Å². The zero-order valence-corrected chi connectivity index (χ0v) is 8.42. The predicted molar refractivity (Wildman–Crippen MR) is 62.4 cm³/mol. The summed E-state index contributed by atoms with van der Waals surface area (Å²) in [5.41, 5.74) is 3.65. The number of para-hydroxylation sites is 3. The van der Waals surface area contributed by atoms with Crippen LogP contribution in [-0.2, 0) is 0 Å². The van der Waals surface area contributed by atoms with E-state index in [-0.39, 0.29) is 0 Å². The van der Waals surface area contributed by atoms with Gasteiger partial charge in [0.25, 0.3) is 0 Å². The molecule has 0 radical (unpaired) electrons. The largest absolute Gasteiger partial charge is 0.298 e. The zero-order chi connectivity index (χ0) is 11.0. The van der Waals surface area contributed by atoms with Crippen molar-refractivity contribution in [1.29, 1.82) is 0 Å². The van der Waals surface area contributed by atoms with Gasteiger partial charge in [0.15, 0.2) is 6.29 Å². The van der Waals surface area contributed by atoms with E-state index >= 15 is 0 Å². The highest BCUT2D eigenvalue weighted by Gasteiger charge is 2.04. The second kappa shape index (κ2) is 3.38. The fourth-order valence-electron chi connectivity index (χ4n) is 1.76.